The van der Waals surface area contributed by atoms with Crippen LogP contribution in [0.2, 0.25) is 0 Å². The standard InChI is InChI=1S/C20H26N4O/c1-13-5-8-16(9-6-13)14(2)19(25)20(23-3)24(4)18-10-7-15(12-21)11-17(18)22/h5-11,23,25H,2,12,21-22H2,1,3-4H3/b20-19-. The Morgan fingerprint density at radius 1 is 1.20 bits per heavy atom. The number of aryl methyl sites for hydroxylation is 1. The highest BCUT2D eigenvalue weighted by atomic mass is 16.3. The zero-order valence-electron chi connectivity index (χ0n) is 15.0. The average molecular weight is 338 g/mol. The number of aliphatic hydroxyl groups is 1. The van der Waals surface area contributed by atoms with E-state index >= 15 is 0 Å². The first-order chi connectivity index (χ1) is 11.9. The average Bonchev–Trinajstić information content (AvgIpc) is 2.61. The van der Waals surface area contributed by atoms with Crippen LogP contribution in [0.3, 0.4) is 0 Å². The molecule has 0 atom stereocenters. The highest BCUT2D eigenvalue weighted by molar-refractivity contribution is 5.78. The van der Waals surface area contributed by atoms with Crippen LogP contribution in [0, 0.1) is 6.92 Å². The molecular formula is C20H26N4O. The minimum absolute atomic E-state index is 0.0659. The van der Waals surface area contributed by atoms with Crippen LogP contribution in [0.25, 0.3) is 5.57 Å². The summed E-state index contributed by atoms with van der Waals surface area (Å²) in [5, 5.41) is 13.8. The third kappa shape index (κ3) is 3.95. The summed E-state index contributed by atoms with van der Waals surface area (Å²) in [5.41, 5.74) is 16.7. The zero-order chi connectivity index (χ0) is 18.6. The first-order valence-electron chi connectivity index (χ1n) is 8.08. The van der Waals surface area contributed by atoms with Crippen molar-refractivity contribution >= 4 is 16.9 Å². The third-order valence-electron chi connectivity index (χ3n) is 4.17. The second-order valence-electron chi connectivity index (χ2n) is 5.95. The molecule has 0 aliphatic carbocycles. The quantitative estimate of drug-likeness (QED) is 0.369. The first kappa shape index (κ1) is 18.4. The number of nitrogens with two attached hydrogens (primary N) is 2. The molecular weight excluding hydrogens is 312 g/mol. The van der Waals surface area contributed by atoms with Gasteiger partial charge in [0, 0.05) is 26.2 Å². The summed E-state index contributed by atoms with van der Waals surface area (Å²) in [6, 6.07) is 13.5. The van der Waals surface area contributed by atoms with Gasteiger partial charge in [0.15, 0.2) is 5.76 Å². The van der Waals surface area contributed by atoms with Crippen LogP contribution in [0.1, 0.15) is 16.7 Å². The predicted octanol–water partition coefficient (Wildman–Crippen LogP) is 3.13. The lowest BCUT2D eigenvalue weighted by molar-refractivity contribution is 0.424. The van der Waals surface area contributed by atoms with Crippen LogP contribution >= 0.6 is 0 Å². The summed E-state index contributed by atoms with van der Waals surface area (Å²) in [6.45, 7) is 6.47. The van der Waals surface area contributed by atoms with Crippen molar-refractivity contribution in [3.63, 3.8) is 0 Å². The molecule has 0 amide bonds. The summed E-state index contributed by atoms with van der Waals surface area (Å²) in [5.74, 6) is 0.578. The molecule has 0 fully saturated rings. The van der Waals surface area contributed by atoms with Gasteiger partial charge in [0.25, 0.3) is 0 Å². The van der Waals surface area contributed by atoms with Gasteiger partial charge in [0.05, 0.1) is 11.4 Å². The maximum atomic E-state index is 10.7. The van der Waals surface area contributed by atoms with E-state index < -0.39 is 0 Å². The van der Waals surface area contributed by atoms with Gasteiger partial charge >= 0.3 is 0 Å². The molecule has 132 valence electrons. The number of nitrogens with one attached hydrogen (secondary N) is 1. The van der Waals surface area contributed by atoms with E-state index in [1.807, 2.05) is 56.4 Å². The van der Waals surface area contributed by atoms with Crippen molar-refractivity contribution in [2.45, 2.75) is 13.5 Å². The fourth-order valence-corrected chi connectivity index (χ4v) is 2.64. The van der Waals surface area contributed by atoms with Crippen molar-refractivity contribution in [2.24, 2.45) is 5.73 Å². The number of rotatable bonds is 6. The Balaban J connectivity index is 2.40. The molecule has 6 N–H and O–H groups in total. The first-order valence-corrected chi connectivity index (χ1v) is 8.08. The van der Waals surface area contributed by atoms with Crippen molar-refractivity contribution in [2.75, 3.05) is 24.7 Å². The van der Waals surface area contributed by atoms with Gasteiger partial charge in [0.1, 0.15) is 5.82 Å². The number of allylic oxidation sites excluding steroid dienone is 1. The van der Waals surface area contributed by atoms with E-state index in [2.05, 4.69) is 11.9 Å². The molecule has 5 nitrogen and oxygen atoms in total. The number of hydrogen-bond acceptors (Lipinski definition) is 5. The SMILES string of the molecule is C=C(/C(O)=C(\NC)N(C)c1ccc(CN)cc1N)c1ccc(C)cc1. The minimum atomic E-state index is 0.0659. The minimum Gasteiger partial charge on any atom is -0.504 e. The van der Waals surface area contributed by atoms with E-state index in [0.717, 1.165) is 22.4 Å². The molecule has 2 rings (SSSR count). The molecule has 0 saturated carbocycles. The van der Waals surface area contributed by atoms with Crippen molar-refractivity contribution in [1.29, 1.82) is 0 Å². The second kappa shape index (κ2) is 7.77. The van der Waals surface area contributed by atoms with E-state index in [1.165, 1.54) is 0 Å². The predicted molar refractivity (Wildman–Crippen MR) is 106 cm³/mol. The monoisotopic (exact) mass is 338 g/mol. The molecule has 2 aromatic carbocycles. The smallest absolute Gasteiger partial charge is 0.163 e. The van der Waals surface area contributed by atoms with E-state index in [0.29, 0.717) is 23.6 Å². The largest absolute Gasteiger partial charge is 0.504 e. The number of hydrogen-bond donors (Lipinski definition) is 4. The molecule has 0 bridgehead atoms. The van der Waals surface area contributed by atoms with Crippen molar-refractivity contribution in [1.82, 2.24) is 5.32 Å². The number of anilines is 2. The molecule has 0 saturated heterocycles. The molecule has 0 aromatic heterocycles. The summed E-state index contributed by atoms with van der Waals surface area (Å²) in [4.78, 5) is 1.80. The van der Waals surface area contributed by atoms with Crippen LogP contribution < -0.4 is 21.7 Å². The summed E-state index contributed by atoms with van der Waals surface area (Å²) in [7, 11) is 3.58. The van der Waals surface area contributed by atoms with Crippen LogP contribution in [0.5, 0.6) is 0 Å². The zero-order valence-corrected chi connectivity index (χ0v) is 15.0. The van der Waals surface area contributed by atoms with Gasteiger partial charge in [-0.15, -0.1) is 0 Å². The number of nitrogen functional groups attached to an aromatic ring is 1. The number of aliphatic hydroxyl groups excluding tert-OH is 1. The fraction of sp³-hybridized carbons (Fsp3) is 0.200. The maximum absolute atomic E-state index is 10.7. The van der Waals surface area contributed by atoms with E-state index in [1.54, 1.807) is 11.9 Å². The van der Waals surface area contributed by atoms with Crippen LogP contribution in [0.4, 0.5) is 11.4 Å². The Bertz CT molecular complexity index is 794. The van der Waals surface area contributed by atoms with Crippen molar-refractivity contribution in [3.05, 3.63) is 77.3 Å². The molecule has 0 radical (unpaired) electrons. The highest BCUT2D eigenvalue weighted by Crippen LogP contribution is 2.29. The Kier molecular flexibility index (Phi) is 5.72. The molecule has 0 aliphatic heterocycles. The van der Waals surface area contributed by atoms with Crippen molar-refractivity contribution < 1.29 is 5.11 Å². The molecule has 0 spiro atoms. The van der Waals surface area contributed by atoms with Crippen molar-refractivity contribution in [3.8, 4) is 0 Å². The topological polar surface area (TPSA) is 87.5 Å². The molecule has 2 aromatic rings. The van der Waals surface area contributed by atoms with Crippen LogP contribution in [0.15, 0.2) is 60.6 Å². The third-order valence-corrected chi connectivity index (χ3v) is 4.17. The molecule has 0 heterocycles. The van der Waals surface area contributed by atoms with Gasteiger partial charge in [-0.2, -0.15) is 0 Å². The summed E-state index contributed by atoms with van der Waals surface area (Å²) in [6.07, 6.45) is 0. The maximum Gasteiger partial charge on any atom is 0.163 e. The van der Waals surface area contributed by atoms with E-state index in [-0.39, 0.29) is 5.76 Å². The Morgan fingerprint density at radius 2 is 1.84 bits per heavy atom. The molecule has 25 heavy (non-hydrogen) atoms. The highest BCUT2D eigenvalue weighted by Gasteiger charge is 2.17. The fourth-order valence-electron chi connectivity index (χ4n) is 2.64. The summed E-state index contributed by atoms with van der Waals surface area (Å²) < 4.78 is 0. The van der Waals surface area contributed by atoms with Gasteiger partial charge in [-0.3, -0.25) is 0 Å². The molecule has 0 aliphatic rings. The van der Waals surface area contributed by atoms with Gasteiger partial charge in [-0.1, -0.05) is 42.5 Å². The van der Waals surface area contributed by atoms with Gasteiger partial charge in [-0.25, -0.2) is 0 Å². The Hall–Kier alpha value is -2.92. The number of benzene rings is 2. The molecule has 0 unspecified atom stereocenters. The van der Waals surface area contributed by atoms with Gasteiger partial charge < -0.3 is 26.8 Å². The van der Waals surface area contributed by atoms with E-state index in [4.69, 9.17) is 11.5 Å². The van der Waals surface area contributed by atoms with Crippen LogP contribution in [-0.2, 0) is 6.54 Å². The Morgan fingerprint density at radius 3 is 2.36 bits per heavy atom. The second-order valence-corrected chi connectivity index (χ2v) is 5.95. The van der Waals surface area contributed by atoms with Gasteiger partial charge in [0.2, 0.25) is 0 Å². The molecule has 5 heteroatoms. The van der Waals surface area contributed by atoms with Gasteiger partial charge in [-0.05, 0) is 30.2 Å². The van der Waals surface area contributed by atoms with Crippen LogP contribution in [-0.4, -0.2) is 19.2 Å². The van der Waals surface area contributed by atoms with E-state index in [9.17, 15) is 5.11 Å². The lowest BCUT2D eigenvalue weighted by atomic mass is 10.0. The normalized spacial score (nSPS) is 11.7. The Labute approximate surface area is 149 Å². The lowest BCUT2D eigenvalue weighted by Crippen LogP contribution is -2.28. The number of nitrogens with zero attached hydrogens (tertiary/aromatic N) is 1. The lowest BCUT2D eigenvalue weighted by Gasteiger charge is -2.26. The summed E-state index contributed by atoms with van der Waals surface area (Å²) >= 11 is 0.